The molecule has 0 aliphatic rings. The van der Waals surface area contributed by atoms with Crippen LogP contribution in [-0.4, -0.2) is 32.5 Å². The van der Waals surface area contributed by atoms with Crippen LogP contribution in [0.1, 0.15) is 37.9 Å². The number of hydrogen-bond acceptors (Lipinski definition) is 5. The number of aryl methyl sites for hydroxylation is 1. The molecule has 1 rings (SSSR count). The Morgan fingerprint density at radius 1 is 1.23 bits per heavy atom. The van der Waals surface area contributed by atoms with Gasteiger partial charge in [-0.25, -0.2) is 4.79 Å². The predicted octanol–water partition coefficient (Wildman–Crippen LogP) is 2.54. The van der Waals surface area contributed by atoms with E-state index in [4.69, 9.17) is 19.9 Å². The number of rotatable bonds is 5. The lowest BCUT2D eigenvalue weighted by atomic mass is 10.0. The first-order valence-electron chi connectivity index (χ1n) is 7.13. The molecule has 124 valence electrons. The van der Waals surface area contributed by atoms with Crippen LogP contribution in [0.25, 0.3) is 0 Å². The van der Waals surface area contributed by atoms with E-state index >= 15 is 0 Å². The van der Waals surface area contributed by atoms with Gasteiger partial charge in [0.25, 0.3) is 0 Å². The molecule has 1 amide bonds. The summed E-state index contributed by atoms with van der Waals surface area (Å²) in [6.45, 7) is 7.58. The zero-order chi connectivity index (χ0) is 16.9. The second kappa shape index (κ2) is 7.35. The summed E-state index contributed by atoms with van der Waals surface area (Å²) >= 11 is 0. The molecule has 1 atom stereocenters. The van der Waals surface area contributed by atoms with Crippen molar-refractivity contribution in [3.05, 3.63) is 23.3 Å². The van der Waals surface area contributed by atoms with Crippen LogP contribution in [-0.2, 0) is 4.74 Å². The second-order valence-corrected chi connectivity index (χ2v) is 6.05. The van der Waals surface area contributed by atoms with Gasteiger partial charge in [-0.2, -0.15) is 0 Å². The Hall–Kier alpha value is -1.95. The van der Waals surface area contributed by atoms with Gasteiger partial charge in [-0.1, -0.05) is 0 Å². The molecule has 6 nitrogen and oxygen atoms in total. The van der Waals surface area contributed by atoms with E-state index in [9.17, 15) is 4.79 Å². The first-order chi connectivity index (χ1) is 10.2. The fourth-order valence-electron chi connectivity index (χ4n) is 1.98. The third kappa shape index (κ3) is 5.11. The number of nitrogens with one attached hydrogen (secondary N) is 1. The third-order valence-corrected chi connectivity index (χ3v) is 3.01. The molecular weight excluding hydrogens is 284 g/mol. The summed E-state index contributed by atoms with van der Waals surface area (Å²) in [7, 11) is 3.18. The lowest BCUT2D eigenvalue weighted by Gasteiger charge is -2.22. The van der Waals surface area contributed by atoms with Gasteiger partial charge < -0.3 is 25.3 Å². The minimum atomic E-state index is -0.543. The smallest absolute Gasteiger partial charge is 0.407 e. The van der Waals surface area contributed by atoms with Crippen LogP contribution in [0.5, 0.6) is 11.5 Å². The first kappa shape index (κ1) is 18.1. The first-order valence-corrected chi connectivity index (χ1v) is 7.13. The van der Waals surface area contributed by atoms with Crippen molar-refractivity contribution in [1.29, 1.82) is 0 Å². The Morgan fingerprint density at radius 2 is 1.82 bits per heavy atom. The fraction of sp³-hybridized carbons (Fsp3) is 0.562. The summed E-state index contributed by atoms with van der Waals surface area (Å²) in [5, 5.41) is 2.66. The Labute approximate surface area is 131 Å². The minimum absolute atomic E-state index is 0.234. The third-order valence-electron chi connectivity index (χ3n) is 3.01. The summed E-state index contributed by atoms with van der Waals surface area (Å²) in [5.41, 5.74) is 7.33. The summed E-state index contributed by atoms with van der Waals surface area (Å²) in [4.78, 5) is 11.7. The van der Waals surface area contributed by atoms with Crippen LogP contribution in [0.3, 0.4) is 0 Å². The molecule has 0 aliphatic heterocycles. The van der Waals surface area contributed by atoms with Gasteiger partial charge in [-0.3, -0.25) is 0 Å². The van der Waals surface area contributed by atoms with E-state index in [1.54, 1.807) is 35.0 Å². The van der Waals surface area contributed by atoms with Gasteiger partial charge in [0, 0.05) is 12.1 Å². The van der Waals surface area contributed by atoms with Gasteiger partial charge in [0.1, 0.15) is 17.1 Å². The number of amides is 1. The lowest BCUT2D eigenvalue weighted by Crippen LogP contribution is -2.36. The van der Waals surface area contributed by atoms with Crippen LogP contribution in [0, 0.1) is 6.92 Å². The zero-order valence-corrected chi connectivity index (χ0v) is 14.1. The van der Waals surface area contributed by atoms with Crippen molar-refractivity contribution in [2.24, 2.45) is 5.73 Å². The number of ether oxygens (including phenoxy) is 3. The topological polar surface area (TPSA) is 82.8 Å². The second-order valence-electron chi connectivity index (χ2n) is 6.05. The largest absolute Gasteiger partial charge is 0.496 e. The van der Waals surface area contributed by atoms with E-state index in [-0.39, 0.29) is 6.54 Å². The molecule has 0 saturated heterocycles. The number of benzene rings is 1. The van der Waals surface area contributed by atoms with E-state index in [2.05, 4.69) is 5.32 Å². The summed E-state index contributed by atoms with van der Waals surface area (Å²) in [5.74, 6) is 1.39. The lowest BCUT2D eigenvalue weighted by molar-refractivity contribution is 0.0524. The van der Waals surface area contributed by atoms with E-state index < -0.39 is 17.7 Å². The highest BCUT2D eigenvalue weighted by Gasteiger charge is 2.19. The van der Waals surface area contributed by atoms with Crippen molar-refractivity contribution in [3.8, 4) is 11.5 Å². The van der Waals surface area contributed by atoms with E-state index in [0.717, 1.165) is 16.9 Å². The molecule has 1 aromatic rings. The summed E-state index contributed by atoms with van der Waals surface area (Å²) < 4.78 is 15.8. The van der Waals surface area contributed by atoms with Crippen LogP contribution in [0.15, 0.2) is 12.1 Å². The monoisotopic (exact) mass is 310 g/mol. The molecule has 0 bridgehead atoms. The summed E-state index contributed by atoms with van der Waals surface area (Å²) in [6, 6.07) is 3.26. The molecule has 6 heteroatoms. The highest BCUT2D eigenvalue weighted by atomic mass is 16.6. The quantitative estimate of drug-likeness (QED) is 0.873. The molecule has 0 aromatic heterocycles. The van der Waals surface area contributed by atoms with Gasteiger partial charge in [-0.05, 0) is 45.4 Å². The number of nitrogens with two attached hydrogens (primary N) is 1. The van der Waals surface area contributed by atoms with Crippen LogP contribution in [0.2, 0.25) is 0 Å². The van der Waals surface area contributed by atoms with Gasteiger partial charge in [0.05, 0.1) is 20.3 Å². The average Bonchev–Trinajstić information content (AvgIpc) is 2.42. The highest BCUT2D eigenvalue weighted by Crippen LogP contribution is 2.31. The predicted molar refractivity (Wildman–Crippen MR) is 85.4 cm³/mol. The van der Waals surface area contributed by atoms with E-state index in [1.165, 1.54) is 0 Å². The maximum absolute atomic E-state index is 11.7. The van der Waals surface area contributed by atoms with Gasteiger partial charge >= 0.3 is 6.09 Å². The molecule has 1 unspecified atom stereocenters. The van der Waals surface area contributed by atoms with Crippen molar-refractivity contribution >= 4 is 6.09 Å². The Kier molecular flexibility index (Phi) is 6.05. The van der Waals surface area contributed by atoms with Crippen LogP contribution >= 0.6 is 0 Å². The highest BCUT2D eigenvalue weighted by molar-refractivity contribution is 5.67. The Balaban J connectivity index is 2.80. The Bertz CT molecular complexity index is 524. The Morgan fingerprint density at radius 3 is 2.32 bits per heavy atom. The van der Waals surface area contributed by atoms with Gasteiger partial charge in [-0.15, -0.1) is 0 Å². The number of methoxy groups -OCH3 is 2. The fourth-order valence-corrected chi connectivity index (χ4v) is 1.98. The number of carbonyl (C=O) groups excluding carboxylic acids is 1. The SMILES string of the molecule is COc1cc(C(N)CNC(=O)OC(C)(C)C)c(OC)cc1C. The van der Waals surface area contributed by atoms with Crippen molar-refractivity contribution in [1.82, 2.24) is 5.32 Å². The molecule has 3 N–H and O–H groups in total. The molecule has 0 saturated carbocycles. The number of alkyl carbamates (subject to hydrolysis) is 1. The van der Waals surface area contributed by atoms with Gasteiger partial charge in [0.2, 0.25) is 0 Å². The van der Waals surface area contributed by atoms with Crippen molar-refractivity contribution in [2.45, 2.75) is 39.3 Å². The van der Waals surface area contributed by atoms with Crippen molar-refractivity contribution < 1.29 is 19.0 Å². The number of carbonyl (C=O) groups is 1. The molecule has 1 aromatic carbocycles. The van der Waals surface area contributed by atoms with Crippen LogP contribution in [0.4, 0.5) is 4.79 Å². The van der Waals surface area contributed by atoms with E-state index in [0.29, 0.717) is 5.75 Å². The molecular formula is C16H26N2O4. The molecule has 0 heterocycles. The summed E-state index contributed by atoms with van der Waals surface area (Å²) in [6.07, 6.45) is -0.499. The zero-order valence-electron chi connectivity index (χ0n) is 14.1. The minimum Gasteiger partial charge on any atom is -0.496 e. The van der Waals surface area contributed by atoms with Crippen molar-refractivity contribution in [2.75, 3.05) is 20.8 Å². The average molecular weight is 310 g/mol. The normalized spacial score (nSPS) is 12.5. The van der Waals surface area contributed by atoms with E-state index in [1.807, 2.05) is 19.1 Å². The molecule has 0 spiro atoms. The van der Waals surface area contributed by atoms with Gasteiger partial charge in [0.15, 0.2) is 0 Å². The molecule has 22 heavy (non-hydrogen) atoms. The maximum Gasteiger partial charge on any atom is 0.407 e. The standard InChI is InChI=1S/C16H26N2O4/c1-10-7-14(21-6)11(8-13(10)20-5)12(17)9-18-15(19)22-16(2,3)4/h7-8,12H,9,17H2,1-6H3,(H,18,19). The molecule has 0 radical (unpaired) electrons. The number of hydrogen-bond donors (Lipinski definition) is 2. The van der Waals surface area contributed by atoms with Crippen LogP contribution < -0.4 is 20.5 Å². The molecule has 0 aliphatic carbocycles. The molecule has 0 fully saturated rings. The maximum atomic E-state index is 11.7. The van der Waals surface area contributed by atoms with Crippen molar-refractivity contribution in [3.63, 3.8) is 0 Å².